The Morgan fingerprint density at radius 1 is 0.975 bits per heavy atom. The molecule has 0 N–H and O–H groups in total. The molecule has 3 aromatic carbocycles. The Labute approximate surface area is 228 Å². The zero-order chi connectivity index (χ0) is 27.6. The van der Waals surface area contributed by atoms with Gasteiger partial charge < -0.3 is 13.6 Å². The molecule has 8 heteroatoms. The fourth-order valence-electron chi connectivity index (χ4n) is 4.74. The lowest BCUT2D eigenvalue weighted by Gasteiger charge is -2.19. The summed E-state index contributed by atoms with van der Waals surface area (Å²) >= 11 is 0. The van der Waals surface area contributed by atoms with Crippen molar-refractivity contribution < 1.29 is 18.4 Å². The lowest BCUT2D eigenvalue weighted by Crippen LogP contribution is -2.35. The van der Waals surface area contributed by atoms with Gasteiger partial charge in [-0.2, -0.15) is 5.10 Å². The van der Waals surface area contributed by atoms with Gasteiger partial charge in [-0.3, -0.25) is 4.79 Å². The van der Waals surface area contributed by atoms with Crippen molar-refractivity contribution in [2.75, 3.05) is 6.61 Å². The van der Waals surface area contributed by atoms with Crippen molar-refractivity contribution in [3.8, 4) is 5.75 Å². The topological polar surface area (TPSA) is 102 Å². The van der Waals surface area contributed by atoms with E-state index in [0.29, 0.717) is 34.6 Å². The average Bonchev–Trinajstić information content (AvgIpc) is 3.39. The van der Waals surface area contributed by atoms with E-state index in [9.17, 15) is 14.4 Å². The molecule has 8 nitrogen and oxygen atoms in total. The Morgan fingerprint density at radius 3 is 2.62 bits per heavy atom. The first kappa shape index (κ1) is 25.1. The summed E-state index contributed by atoms with van der Waals surface area (Å²) in [4.78, 5) is 38.0. The average molecular weight is 533 g/mol. The van der Waals surface area contributed by atoms with Gasteiger partial charge in [-0.05, 0) is 42.3 Å². The molecule has 40 heavy (non-hydrogen) atoms. The Hall–Kier alpha value is -5.24. The van der Waals surface area contributed by atoms with Gasteiger partial charge in [0.1, 0.15) is 16.9 Å². The summed E-state index contributed by atoms with van der Waals surface area (Å²) in [6.45, 7) is 1.52. The first-order valence-corrected chi connectivity index (χ1v) is 12.8. The van der Waals surface area contributed by atoms with Gasteiger partial charge in [0.05, 0.1) is 17.3 Å². The Balaban J connectivity index is 1.28. The molecule has 1 aliphatic rings. The summed E-state index contributed by atoms with van der Waals surface area (Å²) in [6, 6.07) is 24.8. The van der Waals surface area contributed by atoms with E-state index in [2.05, 4.69) is 5.10 Å². The van der Waals surface area contributed by atoms with Crippen LogP contribution in [-0.2, 0) is 4.79 Å². The summed E-state index contributed by atoms with van der Waals surface area (Å²) in [5.41, 5.74) is 2.43. The van der Waals surface area contributed by atoms with Crippen molar-refractivity contribution in [1.29, 1.82) is 0 Å². The molecule has 0 bridgehead atoms. The van der Waals surface area contributed by atoms with Crippen LogP contribution in [0.15, 0.2) is 115 Å². The largest absolute Gasteiger partial charge is 0.484 e. The number of carbonyl (C=O) groups excluding carboxylic acids is 1. The molecule has 0 aliphatic carbocycles. The third kappa shape index (κ3) is 5.07. The number of ether oxygens (including phenoxy) is 1. The Morgan fingerprint density at radius 2 is 1.77 bits per heavy atom. The summed E-state index contributed by atoms with van der Waals surface area (Å²) in [7, 11) is 0. The van der Waals surface area contributed by atoms with Crippen LogP contribution in [0.5, 0.6) is 5.75 Å². The van der Waals surface area contributed by atoms with E-state index in [4.69, 9.17) is 13.6 Å². The van der Waals surface area contributed by atoms with Crippen molar-refractivity contribution in [2.24, 2.45) is 5.10 Å². The van der Waals surface area contributed by atoms with Crippen LogP contribution in [0.2, 0.25) is 0 Å². The van der Waals surface area contributed by atoms with Crippen LogP contribution in [0.4, 0.5) is 0 Å². The van der Waals surface area contributed by atoms with Gasteiger partial charge in [0.25, 0.3) is 5.91 Å². The number of carbonyl (C=O) groups is 1. The van der Waals surface area contributed by atoms with E-state index >= 15 is 0 Å². The minimum Gasteiger partial charge on any atom is -0.484 e. The molecule has 0 saturated carbocycles. The molecule has 1 aliphatic heterocycles. The zero-order valence-corrected chi connectivity index (χ0v) is 21.6. The van der Waals surface area contributed by atoms with Crippen molar-refractivity contribution >= 4 is 39.6 Å². The Bertz CT molecular complexity index is 1920. The molecule has 0 radical (unpaired) electrons. The van der Waals surface area contributed by atoms with E-state index in [1.807, 2.05) is 61.5 Å². The van der Waals surface area contributed by atoms with Gasteiger partial charge in [0.2, 0.25) is 0 Å². The van der Waals surface area contributed by atoms with Gasteiger partial charge in [0, 0.05) is 29.3 Å². The van der Waals surface area contributed by atoms with Crippen molar-refractivity contribution in [1.82, 2.24) is 5.01 Å². The van der Waals surface area contributed by atoms with Crippen molar-refractivity contribution in [3.63, 3.8) is 0 Å². The minimum atomic E-state index is -0.512. The highest BCUT2D eigenvalue weighted by Gasteiger charge is 2.32. The highest BCUT2D eigenvalue weighted by molar-refractivity contribution is 6.04. The van der Waals surface area contributed by atoms with Crippen molar-refractivity contribution in [3.05, 3.63) is 129 Å². The monoisotopic (exact) mass is 532 g/mol. The third-order valence-electron chi connectivity index (χ3n) is 6.75. The molecule has 0 spiro atoms. The van der Waals surface area contributed by atoms with Crippen LogP contribution in [0.25, 0.3) is 28.0 Å². The fraction of sp³-hybridized carbons (Fsp3) is 0.125. The minimum absolute atomic E-state index is 0.305. The number of nitrogens with zero attached hydrogens (tertiary/aromatic N) is 2. The first-order valence-electron chi connectivity index (χ1n) is 12.8. The lowest BCUT2D eigenvalue weighted by atomic mass is 10.0. The molecular formula is C32H24N2O6. The smallest absolute Gasteiger partial charge is 0.345 e. The van der Waals surface area contributed by atoms with E-state index in [1.54, 1.807) is 36.4 Å². The molecule has 6 rings (SSSR count). The van der Waals surface area contributed by atoms with Gasteiger partial charge >= 0.3 is 11.3 Å². The number of aryl methyl sites for hydroxylation is 1. The second-order valence-corrected chi connectivity index (χ2v) is 9.51. The number of fused-ring (bicyclic) bond motifs is 2. The molecule has 0 saturated heterocycles. The molecule has 1 atom stereocenters. The van der Waals surface area contributed by atoms with Crippen LogP contribution in [0, 0.1) is 6.92 Å². The molecule has 5 aromatic rings. The molecular weight excluding hydrogens is 508 g/mol. The lowest BCUT2D eigenvalue weighted by molar-refractivity contribution is -0.134. The predicted octanol–water partition coefficient (Wildman–Crippen LogP) is 5.31. The summed E-state index contributed by atoms with van der Waals surface area (Å²) < 4.78 is 16.6. The number of para-hydroxylation sites is 1. The van der Waals surface area contributed by atoms with E-state index in [0.717, 1.165) is 21.9 Å². The number of hydrogen-bond acceptors (Lipinski definition) is 7. The van der Waals surface area contributed by atoms with Gasteiger partial charge in [0.15, 0.2) is 6.61 Å². The maximum absolute atomic E-state index is 13.4. The molecule has 2 aromatic heterocycles. The molecule has 1 amide bonds. The number of rotatable bonds is 6. The van der Waals surface area contributed by atoms with Gasteiger partial charge in [-0.1, -0.05) is 60.7 Å². The highest BCUT2D eigenvalue weighted by atomic mass is 16.5. The first-order chi connectivity index (χ1) is 19.4. The SMILES string of the molecule is Cc1cc(=O)oc2cc(OCC(=O)N3N=C(c4cc5ccccc5oc4=O)CC3/C=C/c3ccccc3)ccc12. The van der Waals surface area contributed by atoms with E-state index < -0.39 is 23.2 Å². The number of amides is 1. The van der Waals surface area contributed by atoms with Crippen LogP contribution in [0.1, 0.15) is 23.1 Å². The quantitative estimate of drug-likeness (QED) is 0.275. The summed E-state index contributed by atoms with van der Waals surface area (Å²) in [6.07, 6.45) is 4.14. The predicted molar refractivity (Wildman–Crippen MR) is 152 cm³/mol. The maximum atomic E-state index is 13.4. The van der Waals surface area contributed by atoms with Crippen LogP contribution in [-0.4, -0.2) is 29.3 Å². The summed E-state index contributed by atoms with van der Waals surface area (Å²) in [5, 5.41) is 7.45. The second-order valence-electron chi connectivity index (χ2n) is 9.51. The van der Waals surface area contributed by atoms with Crippen molar-refractivity contribution in [2.45, 2.75) is 19.4 Å². The highest BCUT2D eigenvalue weighted by Crippen LogP contribution is 2.25. The number of hydrazone groups is 1. The van der Waals surface area contributed by atoms with Gasteiger partial charge in [-0.25, -0.2) is 14.6 Å². The van der Waals surface area contributed by atoms with Gasteiger partial charge in [-0.15, -0.1) is 0 Å². The zero-order valence-electron chi connectivity index (χ0n) is 21.6. The normalized spacial score (nSPS) is 15.2. The van der Waals surface area contributed by atoms with E-state index in [-0.39, 0.29) is 6.61 Å². The molecule has 198 valence electrons. The van der Waals surface area contributed by atoms with E-state index in [1.165, 1.54) is 11.1 Å². The van der Waals surface area contributed by atoms with Crippen LogP contribution in [0.3, 0.4) is 0 Å². The molecule has 0 fully saturated rings. The second kappa shape index (κ2) is 10.5. The molecule has 3 heterocycles. The number of hydrogen-bond donors (Lipinski definition) is 0. The Kier molecular flexibility index (Phi) is 6.57. The van der Waals surface area contributed by atoms with Crippen LogP contribution < -0.4 is 16.0 Å². The third-order valence-corrected chi connectivity index (χ3v) is 6.75. The molecule has 1 unspecified atom stereocenters. The summed E-state index contributed by atoms with van der Waals surface area (Å²) in [5.74, 6) is -0.0155. The standard InChI is InChI=1S/C32H24N2O6/c1-20-15-31(36)39-29-18-24(13-14-25(20)29)38-19-30(35)34-23(12-11-21-7-3-2-4-8-21)17-27(33-34)26-16-22-9-5-6-10-28(22)40-32(26)37/h2-16,18,23H,17,19H2,1H3/b12-11+. The fourth-order valence-corrected chi connectivity index (χ4v) is 4.74. The maximum Gasteiger partial charge on any atom is 0.345 e. The number of benzene rings is 3. The van der Waals surface area contributed by atoms with Crippen LogP contribution >= 0.6 is 0 Å².